The maximum atomic E-state index is 13.4. The number of aromatic nitrogens is 4. The lowest BCUT2D eigenvalue weighted by Gasteiger charge is -2.15. The average molecular weight is 375 g/mol. The standard InChI is InChI=1S/C17H12F3N5S/c1-24(8-10-5-12(18)15(20)13(19)6-10)17-23-25-9-14(22-16(25)26-17)11-3-2-4-21-7-11/h2-7,9H,8H2,1H3. The predicted molar refractivity (Wildman–Crippen MR) is 92.5 cm³/mol. The second kappa shape index (κ2) is 6.41. The molecule has 0 spiro atoms. The summed E-state index contributed by atoms with van der Waals surface area (Å²) in [4.78, 5) is 11.0. The van der Waals surface area contributed by atoms with Gasteiger partial charge < -0.3 is 4.90 Å². The Kier molecular flexibility index (Phi) is 4.08. The van der Waals surface area contributed by atoms with E-state index in [4.69, 9.17) is 0 Å². The summed E-state index contributed by atoms with van der Waals surface area (Å²) in [7, 11) is 1.74. The van der Waals surface area contributed by atoms with Gasteiger partial charge in [-0.3, -0.25) is 4.98 Å². The van der Waals surface area contributed by atoms with E-state index in [9.17, 15) is 13.2 Å². The molecule has 3 aromatic heterocycles. The van der Waals surface area contributed by atoms with E-state index in [2.05, 4.69) is 15.1 Å². The van der Waals surface area contributed by atoms with Crippen molar-refractivity contribution < 1.29 is 13.2 Å². The van der Waals surface area contributed by atoms with Crippen LogP contribution in [0.15, 0.2) is 42.9 Å². The van der Waals surface area contributed by atoms with Crippen molar-refractivity contribution in [2.75, 3.05) is 11.9 Å². The summed E-state index contributed by atoms with van der Waals surface area (Å²) in [6.45, 7) is 0.181. The Balaban J connectivity index is 1.58. The first-order valence-electron chi connectivity index (χ1n) is 7.62. The Bertz CT molecular complexity index is 1020. The molecule has 4 aromatic rings. The number of hydrogen-bond donors (Lipinski definition) is 0. The van der Waals surface area contributed by atoms with Crippen molar-refractivity contribution in [1.29, 1.82) is 0 Å². The summed E-state index contributed by atoms with van der Waals surface area (Å²) in [5.74, 6) is -3.88. The summed E-state index contributed by atoms with van der Waals surface area (Å²) in [6.07, 6.45) is 5.20. The third-order valence-corrected chi connectivity index (χ3v) is 4.82. The molecule has 3 heterocycles. The molecule has 9 heteroatoms. The molecule has 0 aliphatic heterocycles. The topological polar surface area (TPSA) is 46.3 Å². The summed E-state index contributed by atoms with van der Waals surface area (Å²) >= 11 is 1.34. The summed E-state index contributed by atoms with van der Waals surface area (Å²) < 4.78 is 41.4. The molecule has 0 fully saturated rings. The van der Waals surface area contributed by atoms with Gasteiger partial charge in [0.05, 0.1) is 11.9 Å². The second-order valence-electron chi connectivity index (χ2n) is 5.71. The van der Waals surface area contributed by atoms with Gasteiger partial charge in [0.25, 0.3) is 0 Å². The van der Waals surface area contributed by atoms with Crippen LogP contribution in [0.1, 0.15) is 5.56 Å². The van der Waals surface area contributed by atoms with E-state index in [1.807, 2.05) is 12.1 Å². The summed E-state index contributed by atoms with van der Waals surface area (Å²) in [5, 5.41) is 5.05. The first-order chi connectivity index (χ1) is 12.5. The molecule has 5 nitrogen and oxygen atoms in total. The Hall–Kier alpha value is -2.94. The molecule has 4 rings (SSSR count). The molecule has 0 unspecified atom stereocenters. The fraction of sp³-hybridized carbons (Fsp3) is 0.118. The molecule has 0 saturated heterocycles. The fourth-order valence-electron chi connectivity index (χ4n) is 2.54. The van der Waals surface area contributed by atoms with Gasteiger partial charge in [0.15, 0.2) is 17.5 Å². The zero-order valence-electron chi connectivity index (χ0n) is 13.5. The molecule has 132 valence electrons. The Morgan fingerprint density at radius 2 is 1.96 bits per heavy atom. The van der Waals surface area contributed by atoms with Crippen molar-refractivity contribution in [1.82, 2.24) is 19.6 Å². The molecule has 0 N–H and O–H groups in total. The van der Waals surface area contributed by atoms with Gasteiger partial charge in [-0.15, -0.1) is 5.10 Å². The molecular formula is C17H12F3N5S. The van der Waals surface area contributed by atoms with Gasteiger partial charge in [0, 0.05) is 31.5 Å². The first kappa shape index (κ1) is 16.5. The fourth-order valence-corrected chi connectivity index (χ4v) is 3.38. The van der Waals surface area contributed by atoms with Crippen LogP contribution in [0, 0.1) is 17.5 Å². The summed E-state index contributed by atoms with van der Waals surface area (Å²) in [5.41, 5.74) is 1.96. The molecule has 0 aliphatic rings. The van der Waals surface area contributed by atoms with E-state index in [0.29, 0.717) is 15.7 Å². The van der Waals surface area contributed by atoms with Crippen LogP contribution in [0.2, 0.25) is 0 Å². The number of imidazole rings is 1. The van der Waals surface area contributed by atoms with Gasteiger partial charge in [-0.05, 0) is 29.8 Å². The molecule has 0 aliphatic carbocycles. The van der Waals surface area contributed by atoms with E-state index in [0.717, 1.165) is 23.4 Å². The van der Waals surface area contributed by atoms with Crippen LogP contribution >= 0.6 is 11.3 Å². The molecule has 0 radical (unpaired) electrons. The highest BCUT2D eigenvalue weighted by Crippen LogP contribution is 2.27. The third kappa shape index (κ3) is 3.01. The first-order valence-corrected chi connectivity index (χ1v) is 8.44. The zero-order valence-corrected chi connectivity index (χ0v) is 14.3. The van der Waals surface area contributed by atoms with Gasteiger partial charge in [-0.1, -0.05) is 11.3 Å². The Morgan fingerprint density at radius 3 is 2.62 bits per heavy atom. The van der Waals surface area contributed by atoms with E-state index >= 15 is 0 Å². The van der Waals surface area contributed by atoms with Gasteiger partial charge in [-0.25, -0.2) is 22.7 Å². The highest BCUT2D eigenvalue weighted by Gasteiger charge is 2.15. The molecule has 0 saturated carbocycles. The van der Waals surface area contributed by atoms with Gasteiger partial charge in [0.2, 0.25) is 10.1 Å². The monoisotopic (exact) mass is 375 g/mol. The average Bonchev–Trinajstić information content (AvgIpc) is 3.19. The van der Waals surface area contributed by atoms with Crippen LogP contribution in [-0.4, -0.2) is 26.6 Å². The highest BCUT2D eigenvalue weighted by atomic mass is 32.1. The minimum atomic E-state index is -1.47. The van der Waals surface area contributed by atoms with Crippen LogP contribution in [0.5, 0.6) is 0 Å². The number of nitrogens with zero attached hydrogens (tertiary/aromatic N) is 5. The van der Waals surface area contributed by atoms with Crippen molar-refractivity contribution in [2.45, 2.75) is 6.54 Å². The van der Waals surface area contributed by atoms with Crippen LogP contribution in [0.4, 0.5) is 18.3 Å². The van der Waals surface area contributed by atoms with Gasteiger partial charge >= 0.3 is 0 Å². The molecule has 0 atom stereocenters. The van der Waals surface area contributed by atoms with Crippen molar-refractivity contribution >= 4 is 21.4 Å². The van der Waals surface area contributed by atoms with E-state index < -0.39 is 17.5 Å². The Morgan fingerprint density at radius 1 is 1.19 bits per heavy atom. The number of rotatable bonds is 4. The van der Waals surface area contributed by atoms with E-state index in [1.54, 1.807) is 35.1 Å². The lowest BCUT2D eigenvalue weighted by Crippen LogP contribution is -2.17. The normalized spacial score (nSPS) is 11.2. The van der Waals surface area contributed by atoms with Crippen molar-refractivity contribution in [2.24, 2.45) is 0 Å². The van der Waals surface area contributed by atoms with Crippen LogP contribution in [0.25, 0.3) is 16.2 Å². The third-order valence-electron chi connectivity index (χ3n) is 3.78. The molecule has 0 bridgehead atoms. The number of fused-ring (bicyclic) bond motifs is 1. The lowest BCUT2D eigenvalue weighted by molar-refractivity contribution is 0.445. The van der Waals surface area contributed by atoms with Crippen LogP contribution in [-0.2, 0) is 6.54 Å². The van der Waals surface area contributed by atoms with Gasteiger partial charge in [0.1, 0.15) is 0 Å². The minimum absolute atomic E-state index is 0.181. The zero-order chi connectivity index (χ0) is 18.3. The number of benzene rings is 1. The van der Waals surface area contributed by atoms with E-state index in [1.165, 1.54) is 11.3 Å². The Labute approximate surface area is 150 Å². The number of anilines is 1. The molecule has 1 aromatic carbocycles. The van der Waals surface area contributed by atoms with Crippen molar-refractivity contribution in [3.05, 3.63) is 65.9 Å². The molecular weight excluding hydrogens is 363 g/mol. The van der Waals surface area contributed by atoms with Crippen molar-refractivity contribution in [3.63, 3.8) is 0 Å². The lowest BCUT2D eigenvalue weighted by atomic mass is 10.2. The molecule has 26 heavy (non-hydrogen) atoms. The maximum Gasteiger partial charge on any atom is 0.214 e. The minimum Gasteiger partial charge on any atom is -0.345 e. The SMILES string of the molecule is CN(Cc1cc(F)c(F)c(F)c1)c1nn2cc(-c3cccnc3)nc2s1. The predicted octanol–water partition coefficient (Wildman–Crippen LogP) is 3.91. The second-order valence-corrected chi connectivity index (χ2v) is 6.64. The van der Waals surface area contributed by atoms with Gasteiger partial charge in [-0.2, -0.15) is 0 Å². The number of pyridine rings is 1. The number of halogens is 3. The molecule has 0 amide bonds. The largest absolute Gasteiger partial charge is 0.345 e. The number of hydrogen-bond acceptors (Lipinski definition) is 5. The van der Waals surface area contributed by atoms with E-state index in [-0.39, 0.29) is 6.54 Å². The smallest absolute Gasteiger partial charge is 0.214 e. The maximum absolute atomic E-state index is 13.4. The van der Waals surface area contributed by atoms with Crippen LogP contribution in [0.3, 0.4) is 0 Å². The van der Waals surface area contributed by atoms with Crippen LogP contribution < -0.4 is 4.90 Å². The van der Waals surface area contributed by atoms with Crippen molar-refractivity contribution in [3.8, 4) is 11.3 Å². The summed E-state index contributed by atoms with van der Waals surface area (Å²) in [6, 6.07) is 5.70. The quantitative estimate of drug-likeness (QED) is 0.508. The highest BCUT2D eigenvalue weighted by molar-refractivity contribution is 7.20.